The average molecular weight is 383 g/mol. The van der Waals surface area contributed by atoms with Crippen LogP contribution in [0, 0.1) is 0 Å². The second-order valence-corrected chi connectivity index (χ2v) is 10.2. The summed E-state index contributed by atoms with van der Waals surface area (Å²) in [5, 5.41) is 0. The van der Waals surface area contributed by atoms with Gasteiger partial charge in [-0.25, -0.2) is 0 Å². The SMILES string of the molecule is C(/C=C/c1ccccc1)=C1SCCCSCCCSCCCS1. The maximum Gasteiger partial charge on any atom is 0.0400 e. The summed E-state index contributed by atoms with van der Waals surface area (Å²) in [6.45, 7) is 0. The van der Waals surface area contributed by atoms with Crippen molar-refractivity contribution >= 4 is 53.1 Å². The summed E-state index contributed by atoms with van der Waals surface area (Å²) in [6.07, 6.45) is 10.7. The molecule has 0 atom stereocenters. The highest BCUT2D eigenvalue weighted by molar-refractivity contribution is 8.22. The van der Waals surface area contributed by atoms with E-state index in [1.807, 2.05) is 23.5 Å². The molecule has 0 aromatic heterocycles. The van der Waals surface area contributed by atoms with E-state index >= 15 is 0 Å². The molecule has 1 aromatic rings. The van der Waals surface area contributed by atoms with Crippen molar-refractivity contribution in [3.63, 3.8) is 0 Å². The van der Waals surface area contributed by atoms with E-state index in [0.717, 1.165) is 0 Å². The standard InChI is InChI=1S/C19H26S4/c1-2-8-18(9-3-1)10-4-11-19-22-16-6-14-20-12-5-13-21-15-7-17-23-19/h1-4,8-11H,5-7,12-17H2/b10-4+. The van der Waals surface area contributed by atoms with Crippen LogP contribution < -0.4 is 0 Å². The van der Waals surface area contributed by atoms with Gasteiger partial charge in [-0.3, -0.25) is 0 Å². The molecule has 0 radical (unpaired) electrons. The minimum Gasteiger partial charge on any atom is -0.162 e. The van der Waals surface area contributed by atoms with E-state index < -0.39 is 0 Å². The zero-order valence-corrected chi connectivity index (χ0v) is 16.9. The van der Waals surface area contributed by atoms with E-state index in [1.54, 1.807) is 0 Å². The highest BCUT2D eigenvalue weighted by atomic mass is 32.2. The van der Waals surface area contributed by atoms with Crippen molar-refractivity contribution in [2.24, 2.45) is 0 Å². The lowest BCUT2D eigenvalue weighted by Crippen LogP contribution is -1.92. The topological polar surface area (TPSA) is 0 Å². The summed E-state index contributed by atoms with van der Waals surface area (Å²) >= 11 is 8.33. The van der Waals surface area contributed by atoms with Gasteiger partial charge in [-0.15, -0.1) is 23.5 Å². The lowest BCUT2D eigenvalue weighted by molar-refractivity contribution is 1.08. The zero-order chi connectivity index (χ0) is 16.0. The summed E-state index contributed by atoms with van der Waals surface area (Å²) in [5.41, 5.74) is 1.27. The van der Waals surface area contributed by atoms with E-state index in [4.69, 9.17) is 0 Å². The maximum atomic E-state index is 2.30. The third-order valence-electron chi connectivity index (χ3n) is 3.25. The number of hydrogen-bond acceptors (Lipinski definition) is 4. The molecule has 1 heterocycles. The Morgan fingerprint density at radius 2 is 1.26 bits per heavy atom. The summed E-state index contributed by atoms with van der Waals surface area (Å²) in [4.78, 5) is 0. The first-order valence-electron chi connectivity index (χ1n) is 8.29. The van der Waals surface area contributed by atoms with Crippen molar-refractivity contribution in [3.05, 3.63) is 52.3 Å². The van der Waals surface area contributed by atoms with Gasteiger partial charge >= 0.3 is 0 Å². The lowest BCUT2D eigenvalue weighted by Gasteiger charge is -2.08. The number of benzene rings is 1. The Kier molecular flexibility index (Phi) is 11.3. The van der Waals surface area contributed by atoms with Gasteiger partial charge in [0.15, 0.2) is 0 Å². The fraction of sp³-hybridized carbons (Fsp3) is 0.474. The van der Waals surface area contributed by atoms with Gasteiger partial charge in [0, 0.05) is 4.24 Å². The predicted octanol–water partition coefficient (Wildman–Crippen LogP) is 6.66. The molecule has 23 heavy (non-hydrogen) atoms. The molecule has 0 bridgehead atoms. The second-order valence-electron chi connectivity index (χ2n) is 5.24. The Balaban J connectivity index is 1.84. The normalized spacial score (nSPS) is 19.4. The minimum atomic E-state index is 1.25. The minimum absolute atomic E-state index is 1.25. The molecule has 2 rings (SSSR count). The Morgan fingerprint density at radius 3 is 1.87 bits per heavy atom. The molecule has 1 fully saturated rings. The Hall–Kier alpha value is 0.100. The largest absolute Gasteiger partial charge is 0.162 e. The fourth-order valence-corrected chi connectivity index (χ4v) is 6.59. The molecule has 0 amide bonds. The molecule has 1 aliphatic heterocycles. The lowest BCUT2D eigenvalue weighted by atomic mass is 10.2. The maximum absolute atomic E-state index is 2.30. The molecule has 4 heteroatoms. The van der Waals surface area contributed by atoms with E-state index in [1.165, 1.54) is 63.6 Å². The summed E-state index contributed by atoms with van der Waals surface area (Å²) in [7, 11) is 0. The van der Waals surface area contributed by atoms with Crippen LogP contribution >= 0.6 is 47.0 Å². The molecule has 0 spiro atoms. The van der Waals surface area contributed by atoms with Gasteiger partial charge in [0.2, 0.25) is 0 Å². The third-order valence-corrected chi connectivity index (χ3v) is 8.10. The first kappa shape index (κ1) is 19.4. The van der Waals surface area contributed by atoms with Crippen LogP contribution in [0.1, 0.15) is 24.8 Å². The zero-order valence-electron chi connectivity index (χ0n) is 13.6. The molecular weight excluding hydrogens is 356 g/mol. The van der Waals surface area contributed by atoms with Crippen LogP contribution in [0.2, 0.25) is 0 Å². The van der Waals surface area contributed by atoms with Crippen LogP contribution in [0.4, 0.5) is 0 Å². The van der Waals surface area contributed by atoms with Crippen LogP contribution in [0.5, 0.6) is 0 Å². The van der Waals surface area contributed by atoms with Crippen molar-refractivity contribution in [2.45, 2.75) is 19.3 Å². The smallest absolute Gasteiger partial charge is 0.0400 e. The predicted molar refractivity (Wildman–Crippen MR) is 117 cm³/mol. The Morgan fingerprint density at radius 1 is 0.696 bits per heavy atom. The van der Waals surface area contributed by atoms with Crippen LogP contribution in [0.25, 0.3) is 6.08 Å². The van der Waals surface area contributed by atoms with Gasteiger partial charge in [0.05, 0.1) is 0 Å². The highest BCUT2D eigenvalue weighted by Crippen LogP contribution is 2.30. The van der Waals surface area contributed by atoms with E-state index in [2.05, 4.69) is 72.1 Å². The Bertz CT molecular complexity index is 452. The van der Waals surface area contributed by atoms with E-state index in [0.29, 0.717) is 0 Å². The van der Waals surface area contributed by atoms with Gasteiger partial charge < -0.3 is 0 Å². The van der Waals surface area contributed by atoms with Gasteiger partial charge in [-0.1, -0.05) is 42.5 Å². The monoisotopic (exact) mass is 382 g/mol. The number of thioether (sulfide) groups is 4. The quantitative estimate of drug-likeness (QED) is 0.560. The number of allylic oxidation sites excluding steroid dienone is 2. The molecule has 0 saturated carbocycles. The average Bonchev–Trinajstić information content (AvgIpc) is 2.59. The van der Waals surface area contributed by atoms with Crippen molar-refractivity contribution < 1.29 is 0 Å². The molecule has 0 aliphatic carbocycles. The molecule has 1 aromatic carbocycles. The summed E-state index contributed by atoms with van der Waals surface area (Å²) < 4.78 is 1.48. The van der Waals surface area contributed by atoms with Gasteiger partial charge in [0.25, 0.3) is 0 Å². The summed E-state index contributed by atoms with van der Waals surface area (Å²) in [5.74, 6) is 7.81. The number of rotatable bonds is 2. The Labute approximate surface area is 158 Å². The van der Waals surface area contributed by atoms with Gasteiger partial charge in [-0.05, 0) is 65.4 Å². The molecule has 0 nitrogen and oxygen atoms in total. The summed E-state index contributed by atoms with van der Waals surface area (Å²) in [6, 6.07) is 10.5. The first-order chi connectivity index (χ1) is 11.4. The van der Waals surface area contributed by atoms with Crippen molar-refractivity contribution in [2.75, 3.05) is 34.5 Å². The van der Waals surface area contributed by atoms with E-state index in [9.17, 15) is 0 Å². The number of hydrogen-bond donors (Lipinski definition) is 0. The van der Waals surface area contributed by atoms with E-state index in [-0.39, 0.29) is 0 Å². The van der Waals surface area contributed by atoms with Crippen LogP contribution in [0.3, 0.4) is 0 Å². The molecule has 0 unspecified atom stereocenters. The molecule has 126 valence electrons. The highest BCUT2D eigenvalue weighted by Gasteiger charge is 2.01. The second kappa shape index (κ2) is 13.4. The molecule has 1 aliphatic rings. The molecule has 1 saturated heterocycles. The third kappa shape index (κ3) is 9.85. The fourth-order valence-electron chi connectivity index (χ4n) is 2.07. The molecule has 0 N–H and O–H groups in total. The molecular formula is C19H26S4. The van der Waals surface area contributed by atoms with Crippen LogP contribution in [-0.2, 0) is 0 Å². The first-order valence-corrected chi connectivity index (χ1v) is 12.6. The van der Waals surface area contributed by atoms with Crippen molar-refractivity contribution in [3.8, 4) is 0 Å². The van der Waals surface area contributed by atoms with Crippen molar-refractivity contribution in [1.29, 1.82) is 0 Å². The van der Waals surface area contributed by atoms with Crippen molar-refractivity contribution in [1.82, 2.24) is 0 Å². The van der Waals surface area contributed by atoms with Gasteiger partial charge in [0.1, 0.15) is 0 Å². The van der Waals surface area contributed by atoms with Gasteiger partial charge in [-0.2, -0.15) is 23.5 Å². The van der Waals surface area contributed by atoms with Crippen LogP contribution in [-0.4, -0.2) is 34.5 Å². The van der Waals surface area contributed by atoms with Crippen LogP contribution in [0.15, 0.2) is 46.7 Å².